The number of amides is 1. The normalized spacial score (nSPS) is 10.6. The Morgan fingerprint density at radius 1 is 1.53 bits per heavy atom. The van der Waals surface area contributed by atoms with Crippen LogP contribution in [0.4, 0.5) is 0 Å². The van der Waals surface area contributed by atoms with Crippen LogP contribution in [0.25, 0.3) is 0 Å². The zero-order valence-corrected chi connectivity index (χ0v) is 10.4. The number of aromatic amines is 1. The quantitative estimate of drug-likeness (QED) is 0.803. The molecular formula is C12H18N2O3. The van der Waals surface area contributed by atoms with Gasteiger partial charge >= 0.3 is 0 Å². The van der Waals surface area contributed by atoms with Gasteiger partial charge in [-0.3, -0.25) is 9.59 Å². The summed E-state index contributed by atoms with van der Waals surface area (Å²) in [5, 5.41) is 8.91. The third kappa shape index (κ3) is 3.17. The van der Waals surface area contributed by atoms with Crippen LogP contribution >= 0.6 is 0 Å². The van der Waals surface area contributed by atoms with Crippen molar-refractivity contribution in [1.82, 2.24) is 9.88 Å². The van der Waals surface area contributed by atoms with Crippen LogP contribution in [-0.4, -0.2) is 40.1 Å². The lowest BCUT2D eigenvalue weighted by Gasteiger charge is -2.25. The largest absolute Gasteiger partial charge is 0.395 e. The van der Waals surface area contributed by atoms with Crippen molar-refractivity contribution in [3.05, 3.63) is 33.7 Å². The van der Waals surface area contributed by atoms with Gasteiger partial charge in [-0.2, -0.15) is 0 Å². The van der Waals surface area contributed by atoms with Crippen LogP contribution in [0.2, 0.25) is 0 Å². The molecule has 1 amide bonds. The van der Waals surface area contributed by atoms with Gasteiger partial charge in [-0.1, -0.05) is 0 Å². The highest BCUT2D eigenvalue weighted by molar-refractivity contribution is 5.94. The molecule has 0 aromatic carbocycles. The first-order chi connectivity index (χ1) is 7.97. The summed E-state index contributed by atoms with van der Waals surface area (Å²) in [7, 11) is 0. The van der Waals surface area contributed by atoms with Crippen LogP contribution in [0, 0.1) is 6.92 Å². The van der Waals surface area contributed by atoms with Crippen molar-refractivity contribution in [1.29, 1.82) is 0 Å². The van der Waals surface area contributed by atoms with Crippen molar-refractivity contribution in [3.8, 4) is 0 Å². The number of aromatic nitrogens is 1. The summed E-state index contributed by atoms with van der Waals surface area (Å²) < 4.78 is 0. The fourth-order valence-corrected chi connectivity index (χ4v) is 1.60. The highest BCUT2D eigenvalue weighted by atomic mass is 16.3. The summed E-state index contributed by atoms with van der Waals surface area (Å²) in [6.07, 6.45) is 1.42. The average Bonchev–Trinajstić information content (AvgIpc) is 2.24. The highest BCUT2D eigenvalue weighted by Crippen LogP contribution is 2.04. The maximum atomic E-state index is 12.1. The monoisotopic (exact) mass is 238 g/mol. The fourth-order valence-electron chi connectivity index (χ4n) is 1.60. The number of aliphatic hydroxyl groups is 1. The molecule has 0 aliphatic carbocycles. The number of rotatable bonds is 4. The number of hydrogen-bond acceptors (Lipinski definition) is 3. The van der Waals surface area contributed by atoms with Crippen LogP contribution in [0.1, 0.15) is 29.9 Å². The van der Waals surface area contributed by atoms with E-state index in [0.29, 0.717) is 5.69 Å². The number of nitrogens with one attached hydrogen (secondary N) is 1. The maximum absolute atomic E-state index is 12.1. The molecule has 0 spiro atoms. The number of aryl methyl sites for hydroxylation is 1. The van der Waals surface area contributed by atoms with Crippen molar-refractivity contribution < 1.29 is 9.90 Å². The van der Waals surface area contributed by atoms with E-state index in [1.165, 1.54) is 17.2 Å². The summed E-state index contributed by atoms with van der Waals surface area (Å²) >= 11 is 0. The minimum atomic E-state index is -0.352. The van der Waals surface area contributed by atoms with E-state index in [-0.39, 0.29) is 36.1 Å². The predicted octanol–water partition coefficient (Wildman–Crippen LogP) is 0.526. The van der Waals surface area contributed by atoms with Crippen molar-refractivity contribution in [2.45, 2.75) is 26.8 Å². The topological polar surface area (TPSA) is 73.4 Å². The molecule has 0 bridgehead atoms. The lowest BCUT2D eigenvalue weighted by Crippen LogP contribution is -2.41. The lowest BCUT2D eigenvalue weighted by atomic mass is 10.2. The zero-order chi connectivity index (χ0) is 13.0. The standard InChI is InChI=1S/C12H18N2O3/c1-8(2)14(4-5-15)12(17)10-7-13-9(3)6-11(10)16/h6-8,15H,4-5H2,1-3H3,(H,13,16). The van der Waals surface area contributed by atoms with Crippen molar-refractivity contribution in [2.24, 2.45) is 0 Å². The Kier molecular flexibility index (Phi) is 4.45. The molecule has 1 rings (SSSR count). The second-order valence-corrected chi connectivity index (χ2v) is 4.21. The Morgan fingerprint density at radius 3 is 2.65 bits per heavy atom. The first kappa shape index (κ1) is 13.4. The highest BCUT2D eigenvalue weighted by Gasteiger charge is 2.20. The average molecular weight is 238 g/mol. The van der Waals surface area contributed by atoms with Gasteiger partial charge in [0.2, 0.25) is 0 Å². The van der Waals surface area contributed by atoms with Gasteiger partial charge in [0, 0.05) is 30.5 Å². The van der Waals surface area contributed by atoms with E-state index < -0.39 is 0 Å². The van der Waals surface area contributed by atoms with Gasteiger partial charge in [-0.05, 0) is 20.8 Å². The minimum Gasteiger partial charge on any atom is -0.395 e. The molecule has 94 valence electrons. The van der Waals surface area contributed by atoms with Gasteiger partial charge < -0.3 is 15.0 Å². The molecule has 1 heterocycles. The predicted molar refractivity (Wildman–Crippen MR) is 65.1 cm³/mol. The number of nitrogens with zero attached hydrogens (tertiary/aromatic N) is 1. The van der Waals surface area contributed by atoms with E-state index in [1.54, 1.807) is 6.92 Å². The molecule has 2 N–H and O–H groups in total. The van der Waals surface area contributed by atoms with E-state index in [0.717, 1.165) is 0 Å². The summed E-state index contributed by atoms with van der Waals surface area (Å²) in [6.45, 7) is 5.55. The fraction of sp³-hybridized carbons (Fsp3) is 0.500. The van der Waals surface area contributed by atoms with Crippen molar-refractivity contribution in [2.75, 3.05) is 13.2 Å². The van der Waals surface area contributed by atoms with Crippen LogP contribution < -0.4 is 5.43 Å². The third-order valence-electron chi connectivity index (χ3n) is 2.51. The molecule has 0 aliphatic rings. The van der Waals surface area contributed by atoms with Gasteiger partial charge in [0.1, 0.15) is 5.56 Å². The Hall–Kier alpha value is -1.62. The Balaban J connectivity index is 3.05. The van der Waals surface area contributed by atoms with Crippen LogP contribution in [0.3, 0.4) is 0 Å². The van der Waals surface area contributed by atoms with Crippen LogP contribution in [-0.2, 0) is 0 Å². The van der Waals surface area contributed by atoms with Crippen molar-refractivity contribution in [3.63, 3.8) is 0 Å². The molecular weight excluding hydrogens is 220 g/mol. The molecule has 5 nitrogen and oxygen atoms in total. The SMILES string of the molecule is Cc1cc(=O)c(C(=O)N(CCO)C(C)C)c[nH]1. The summed E-state index contributed by atoms with van der Waals surface area (Å²) in [6, 6.07) is 1.33. The maximum Gasteiger partial charge on any atom is 0.259 e. The number of hydrogen-bond donors (Lipinski definition) is 2. The summed E-state index contributed by atoms with van der Waals surface area (Å²) in [5.41, 5.74) is 0.525. The van der Waals surface area contributed by atoms with Gasteiger partial charge in [0.15, 0.2) is 5.43 Å². The van der Waals surface area contributed by atoms with Crippen LogP contribution in [0.15, 0.2) is 17.1 Å². The first-order valence-corrected chi connectivity index (χ1v) is 5.58. The molecule has 0 saturated carbocycles. The summed E-state index contributed by atoms with van der Waals surface area (Å²) in [4.78, 5) is 28.1. The third-order valence-corrected chi connectivity index (χ3v) is 2.51. The molecule has 1 aromatic heterocycles. The smallest absolute Gasteiger partial charge is 0.259 e. The molecule has 17 heavy (non-hydrogen) atoms. The molecule has 0 aliphatic heterocycles. The van der Waals surface area contributed by atoms with Crippen molar-refractivity contribution >= 4 is 5.91 Å². The van der Waals surface area contributed by atoms with E-state index in [1.807, 2.05) is 13.8 Å². The number of H-pyrrole nitrogens is 1. The number of aliphatic hydroxyl groups excluding tert-OH is 1. The van der Waals surface area contributed by atoms with E-state index >= 15 is 0 Å². The van der Waals surface area contributed by atoms with Crippen LogP contribution in [0.5, 0.6) is 0 Å². The molecule has 1 aromatic rings. The minimum absolute atomic E-state index is 0.0599. The number of carbonyl (C=O) groups excluding carboxylic acids is 1. The second kappa shape index (κ2) is 5.63. The van der Waals surface area contributed by atoms with E-state index in [9.17, 15) is 9.59 Å². The van der Waals surface area contributed by atoms with Gasteiger partial charge in [-0.25, -0.2) is 0 Å². The van der Waals surface area contributed by atoms with E-state index in [4.69, 9.17) is 5.11 Å². The molecule has 0 saturated heterocycles. The lowest BCUT2D eigenvalue weighted by molar-refractivity contribution is 0.0663. The van der Waals surface area contributed by atoms with Gasteiger partial charge in [0.05, 0.1) is 6.61 Å². The number of pyridine rings is 1. The van der Waals surface area contributed by atoms with Gasteiger partial charge in [0.25, 0.3) is 5.91 Å². The first-order valence-electron chi connectivity index (χ1n) is 5.58. The summed E-state index contributed by atoms with van der Waals surface area (Å²) in [5.74, 6) is -0.352. The van der Waals surface area contributed by atoms with E-state index in [2.05, 4.69) is 4.98 Å². The second-order valence-electron chi connectivity index (χ2n) is 4.21. The molecule has 0 unspecified atom stereocenters. The molecule has 5 heteroatoms. The number of carbonyl (C=O) groups is 1. The Labute approximate surface area is 100 Å². The molecule has 0 fully saturated rings. The molecule has 0 atom stereocenters. The Morgan fingerprint density at radius 2 is 2.18 bits per heavy atom. The zero-order valence-electron chi connectivity index (χ0n) is 10.4. The van der Waals surface area contributed by atoms with Gasteiger partial charge in [-0.15, -0.1) is 0 Å². The Bertz CT molecular complexity index is 451. The molecule has 0 radical (unpaired) electrons.